The van der Waals surface area contributed by atoms with Gasteiger partial charge in [0.2, 0.25) is 0 Å². The van der Waals surface area contributed by atoms with Gasteiger partial charge in [-0.1, -0.05) is 0 Å². The van der Waals surface area contributed by atoms with Gasteiger partial charge >= 0.3 is 0 Å². The number of phenolic OH excluding ortho intramolecular Hbond substituents is 2. The summed E-state index contributed by atoms with van der Waals surface area (Å²) in [5.41, 5.74) is 0.432. The second-order valence-electron chi connectivity index (χ2n) is 5.29. The van der Waals surface area contributed by atoms with Crippen molar-refractivity contribution < 1.29 is 15.0 Å². The van der Waals surface area contributed by atoms with Crippen LogP contribution in [0.2, 0.25) is 0 Å². The Morgan fingerprint density at radius 1 is 1.16 bits per heavy atom. The molecule has 0 radical (unpaired) electrons. The number of carbonyl (C=O) groups is 1. The lowest BCUT2D eigenvalue weighted by Crippen LogP contribution is -2.52. The zero-order valence-corrected chi connectivity index (χ0v) is 10.7. The first-order valence-corrected chi connectivity index (χ1v) is 6.70. The van der Waals surface area contributed by atoms with Crippen LogP contribution in [0.1, 0.15) is 23.2 Å². The van der Waals surface area contributed by atoms with Gasteiger partial charge in [0.05, 0.1) is 0 Å². The average molecular weight is 262 g/mol. The minimum Gasteiger partial charge on any atom is -0.504 e. The third-order valence-corrected chi connectivity index (χ3v) is 4.10. The molecule has 0 aliphatic carbocycles. The molecule has 1 amide bonds. The van der Waals surface area contributed by atoms with E-state index in [0.717, 1.165) is 32.6 Å². The summed E-state index contributed by atoms with van der Waals surface area (Å²) in [6.45, 7) is 3.57. The maximum absolute atomic E-state index is 12.4. The minimum absolute atomic E-state index is 0.0677. The summed E-state index contributed by atoms with van der Waals surface area (Å²) in [4.78, 5) is 16.7. The van der Waals surface area contributed by atoms with Crippen molar-refractivity contribution in [3.63, 3.8) is 0 Å². The van der Waals surface area contributed by atoms with Gasteiger partial charge in [0, 0.05) is 31.2 Å². The van der Waals surface area contributed by atoms with E-state index in [2.05, 4.69) is 4.90 Å². The molecule has 1 unspecified atom stereocenters. The molecule has 102 valence electrons. The fraction of sp³-hybridized carbons (Fsp3) is 0.500. The lowest BCUT2D eigenvalue weighted by atomic mass is 10.1. The van der Waals surface area contributed by atoms with Crippen molar-refractivity contribution in [2.24, 2.45) is 0 Å². The number of aromatic hydroxyl groups is 2. The minimum atomic E-state index is -0.245. The van der Waals surface area contributed by atoms with E-state index in [1.807, 2.05) is 4.90 Å². The van der Waals surface area contributed by atoms with Crippen LogP contribution in [-0.2, 0) is 0 Å². The lowest BCUT2D eigenvalue weighted by molar-refractivity contribution is 0.0571. The highest BCUT2D eigenvalue weighted by Crippen LogP contribution is 2.27. The molecule has 5 nitrogen and oxygen atoms in total. The van der Waals surface area contributed by atoms with E-state index in [1.54, 1.807) is 6.07 Å². The molecule has 2 aliphatic heterocycles. The Labute approximate surface area is 112 Å². The second kappa shape index (κ2) is 4.74. The van der Waals surface area contributed by atoms with Gasteiger partial charge in [0.1, 0.15) is 0 Å². The van der Waals surface area contributed by atoms with Crippen LogP contribution < -0.4 is 0 Å². The number of fused-ring (bicyclic) bond motifs is 1. The number of benzene rings is 1. The molecule has 1 atom stereocenters. The predicted molar refractivity (Wildman–Crippen MR) is 70.3 cm³/mol. The molecular weight excluding hydrogens is 244 g/mol. The number of nitrogens with zero attached hydrogens (tertiary/aromatic N) is 2. The van der Waals surface area contributed by atoms with Crippen molar-refractivity contribution in [2.75, 3.05) is 26.2 Å². The monoisotopic (exact) mass is 262 g/mol. The van der Waals surface area contributed by atoms with E-state index in [0.29, 0.717) is 11.6 Å². The van der Waals surface area contributed by atoms with Gasteiger partial charge in [0.25, 0.3) is 5.91 Å². The number of hydrogen-bond acceptors (Lipinski definition) is 4. The molecule has 0 aromatic heterocycles. The molecule has 1 aromatic rings. The molecule has 2 fully saturated rings. The van der Waals surface area contributed by atoms with E-state index in [4.69, 9.17) is 0 Å². The highest BCUT2D eigenvalue weighted by atomic mass is 16.3. The van der Waals surface area contributed by atoms with E-state index in [1.165, 1.54) is 18.6 Å². The zero-order chi connectivity index (χ0) is 13.4. The Kier molecular flexibility index (Phi) is 3.06. The van der Waals surface area contributed by atoms with Gasteiger partial charge in [-0.3, -0.25) is 9.69 Å². The average Bonchev–Trinajstić information content (AvgIpc) is 2.88. The maximum atomic E-state index is 12.4. The van der Waals surface area contributed by atoms with Gasteiger partial charge in [-0.15, -0.1) is 0 Å². The van der Waals surface area contributed by atoms with Gasteiger partial charge in [-0.05, 0) is 37.6 Å². The highest BCUT2D eigenvalue weighted by Gasteiger charge is 2.32. The van der Waals surface area contributed by atoms with E-state index >= 15 is 0 Å². The summed E-state index contributed by atoms with van der Waals surface area (Å²) in [7, 11) is 0. The van der Waals surface area contributed by atoms with Crippen molar-refractivity contribution in [1.82, 2.24) is 9.80 Å². The number of piperazine rings is 1. The smallest absolute Gasteiger partial charge is 0.254 e. The molecule has 2 N–H and O–H groups in total. The molecule has 0 bridgehead atoms. The molecule has 5 heteroatoms. The molecule has 2 saturated heterocycles. The summed E-state index contributed by atoms with van der Waals surface area (Å²) in [5.74, 6) is -0.510. The molecular formula is C14H18N2O3. The summed E-state index contributed by atoms with van der Waals surface area (Å²) in [6, 6.07) is 4.73. The van der Waals surface area contributed by atoms with E-state index < -0.39 is 0 Å². The maximum Gasteiger partial charge on any atom is 0.254 e. The van der Waals surface area contributed by atoms with Crippen LogP contribution in [0, 0.1) is 0 Å². The fourth-order valence-corrected chi connectivity index (χ4v) is 3.01. The van der Waals surface area contributed by atoms with Crippen molar-refractivity contribution in [1.29, 1.82) is 0 Å². The van der Waals surface area contributed by atoms with Gasteiger partial charge in [-0.2, -0.15) is 0 Å². The summed E-state index contributed by atoms with van der Waals surface area (Å²) in [5, 5.41) is 18.7. The SMILES string of the molecule is O=C(c1ccc(O)c(O)c1)N1CCN2CCCC2C1. The molecule has 2 aliphatic rings. The van der Waals surface area contributed by atoms with Crippen molar-refractivity contribution >= 4 is 5.91 Å². The lowest BCUT2D eigenvalue weighted by Gasteiger charge is -2.37. The molecule has 2 heterocycles. The van der Waals surface area contributed by atoms with Crippen molar-refractivity contribution in [3.8, 4) is 11.5 Å². The van der Waals surface area contributed by atoms with Gasteiger partial charge in [0.15, 0.2) is 11.5 Å². The number of hydrogen-bond donors (Lipinski definition) is 2. The Morgan fingerprint density at radius 2 is 2.00 bits per heavy atom. The first kappa shape index (κ1) is 12.3. The first-order chi connectivity index (χ1) is 9.15. The second-order valence-corrected chi connectivity index (χ2v) is 5.29. The quantitative estimate of drug-likeness (QED) is 0.742. The van der Waals surface area contributed by atoms with Crippen LogP contribution >= 0.6 is 0 Å². The van der Waals surface area contributed by atoms with Crippen LogP contribution in [-0.4, -0.2) is 58.1 Å². The number of amides is 1. The Bertz CT molecular complexity index is 503. The Balaban J connectivity index is 1.74. The van der Waals surface area contributed by atoms with Crippen LogP contribution in [0.25, 0.3) is 0 Å². The van der Waals surface area contributed by atoms with Crippen molar-refractivity contribution in [3.05, 3.63) is 23.8 Å². The van der Waals surface area contributed by atoms with Crippen LogP contribution in [0.15, 0.2) is 18.2 Å². The zero-order valence-electron chi connectivity index (χ0n) is 10.7. The third-order valence-electron chi connectivity index (χ3n) is 4.10. The largest absolute Gasteiger partial charge is 0.504 e. The van der Waals surface area contributed by atoms with Gasteiger partial charge in [-0.25, -0.2) is 0 Å². The first-order valence-electron chi connectivity index (χ1n) is 6.70. The normalized spacial score (nSPS) is 23.4. The van der Waals surface area contributed by atoms with E-state index in [9.17, 15) is 15.0 Å². The van der Waals surface area contributed by atoms with Crippen LogP contribution in [0.3, 0.4) is 0 Å². The predicted octanol–water partition coefficient (Wildman–Crippen LogP) is 1.02. The van der Waals surface area contributed by atoms with Crippen molar-refractivity contribution in [2.45, 2.75) is 18.9 Å². The van der Waals surface area contributed by atoms with Crippen LogP contribution in [0.4, 0.5) is 0 Å². The molecule has 3 rings (SSSR count). The Morgan fingerprint density at radius 3 is 2.79 bits per heavy atom. The fourth-order valence-electron chi connectivity index (χ4n) is 3.01. The van der Waals surface area contributed by atoms with Crippen LogP contribution in [0.5, 0.6) is 11.5 Å². The molecule has 1 aromatic carbocycles. The number of rotatable bonds is 1. The van der Waals surface area contributed by atoms with E-state index in [-0.39, 0.29) is 17.4 Å². The standard InChI is InChI=1S/C14H18N2O3/c17-12-4-3-10(8-13(12)18)14(19)16-7-6-15-5-1-2-11(15)9-16/h3-4,8,11,17-18H,1-2,5-7,9H2. The Hall–Kier alpha value is -1.75. The summed E-state index contributed by atoms with van der Waals surface area (Å²) < 4.78 is 0. The molecule has 0 spiro atoms. The number of carbonyl (C=O) groups excluding carboxylic acids is 1. The summed E-state index contributed by atoms with van der Waals surface area (Å²) >= 11 is 0. The topological polar surface area (TPSA) is 64.0 Å². The third kappa shape index (κ3) is 2.26. The highest BCUT2D eigenvalue weighted by molar-refractivity contribution is 5.95. The molecule has 19 heavy (non-hydrogen) atoms. The summed E-state index contributed by atoms with van der Waals surface area (Å²) in [6.07, 6.45) is 2.37. The molecule has 0 saturated carbocycles. The van der Waals surface area contributed by atoms with Gasteiger partial charge < -0.3 is 15.1 Å². The number of phenols is 2.